The predicted octanol–water partition coefficient (Wildman–Crippen LogP) is 2.62. The first-order valence-electron chi connectivity index (χ1n) is 7.61. The Bertz CT molecular complexity index is 811. The molecule has 24 heavy (non-hydrogen) atoms. The van der Waals surface area contributed by atoms with Crippen molar-refractivity contribution in [2.75, 3.05) is 13.1 Å². The first-order valence-corrected chi connectivity index (χ1v) is 10.4. The lowest BCUT2D eigenvalue weighted by atomic mass is 10.1. The highest BCUT2D eigenvalue weighted by Crippen LogP contribution is 2.24. The summed E-state index contributed by atoms with van der Waals surface area (Å²) in [5.74, 6) is -0.167. The molecule has 1 fully saturated rings. The molecular weight excluding hydrogens is 364 g/mol. The Labute approximate surface area is 151 Å². The third-order valence-corrected chi connectivity index (χ3v) is 7.69. The molecule has 0 aliphatic carbocycles. The number of benzene rings is 1. The summed E-state index contributed by atoms with van der Waals surface area (Å²) in [6, 6.07) is 10.5. The summed E-state index contributed by atoms with van der Waals surface area (Å²) < 4.78 is 26.8. The second-order valence-corrected chi connectivity index (χ2v) is 9.20. The number of rotatable bonds is 4. The number of amides is 1. The van der Waals surface area contributed by atoms with E-state index in [0.717, 1.165) is 0 Å². The van der Waals surface area contributed by atoms with Crippen LogP contribution in [0.3, 0.4) is 0 Å². The van der Waals surface area contributed by atoms with Gasteiger partial charge in [0.1, 0.15) is 4.21 Å². The molecule has 0 atom stereocenters. The molecule has 0 radical (unpaired) electrons. The summed E-state index contributed by atoms with van der Waals surface area (Å²) in [6.07, 6.45) is 1.20. The van der Waals surface area contributed by atoms with Crippen LogP contribution in [0, 0.1) is 0 Å². The van der Waals surface area contributed by atoms with Crippen LogP contribution in [0.1, 0.15) is 23.2 Å². The number of thiophene rings is 1. The Morgan fingerprint density at radius 2 is 1.88 bits per heavy atom. The lowest BCUT2D eigenvalue weighted by Crippen LogP contribution is -2.46. The third kappa shape index (κ3) is 3.66. The quantitative estimate of drug-likeness (QED) is 0.799. The molecule has 0 bridgehead atoms. The monoisotopic (exact) mass is 382 g/mol. The normalized spacial score (nSPS) is 16.9. The van der Waals surface area contributed by atoms with Crippen molar-refractivity contribution in [1.29, 1.82) is 0 Å². The van der Waals surface area contributed by atoms with E-state index in [-0.39, 0.29) is 11.9 Å². The fourth-order valence-electron chi connectivity index (χ4n) is 2.71. The van der Waals surface area contributed by atoms with Crippen LogP contribution in [0.15, 0.2) is 50.9 Å². The number of carbonyl (C=O) groups excluding carboxylic acids is 1. The lowest BCUT2D eigenvalue weighted by molar-refractivity contribution is 0.0921. The summed E-state index contributed by atoms with van der Waals surface area (Å²) in [7, 11) is -3.40. The number of thiol groups is 1. The largest absolute Gasteiger partial charge is 0.349 e. The number of nitrogens with zero attached hydrogens (tertiary/aromatic N) is 1. The summed E-state index contributed by atoms with van der Waals surface area (Å²) in [5, 5.41) is 4.73. The van der Waals surface area contributed by atoms with E-state index in [0.29, 0.717) is 40.6 Å². The van der Waals surface area contributed by atoms with Crippen LogP contribution in [0.5, 0.6) is 0 Å². The van der Waals surface area contributed by atoms with Gasteiger partial charge in [-0.1, -0.05) is 18.2 Å². The second-order valence-electron chi connectivity index (χ2n) is 5.60. The fraction of sp³-hybridized carbons (Fsp3) is 0.312. The minimum atomic E-state index is -3.40. The van der Waals surface area contributed by atoms with Gasteiger partial charge in [-0.2, -0.15) is 4.31 Å². The smallest absolute Gasteiger partial charge is 0.252 e. The zero-order chi connectivity index (χ0) is 17.2. The van der Waals surface area contributed by atoms with Gasteiger partial charge in [0, 0.05) is 24.0 Å². The summed E-state index contributed by atoms with van der Waals surface area (Å²) >= 11 is 5.52. The molecule has 5 nitrogen and oxygen atoms in total. The van der Waals surface area contributed by atoms with Crippen molar-refractivity contribution in [3.63, 3.8) is 0 Å². The minimum Gasteiger partial charge on any atom is -0.349 e. The molecule has 1 aromatic heterocycles. The van der Waals surface area contributed by atoms with Crippen molar-refractivity contribution in [3.8, 4) is 0 Å². The van der Waals surface area contributed by atoms with Gasteiger partial charge in [-0.25, -0.2) is 8.42 Å². The fourth-order valence-corrected chi connectivity index (χ4v) is 5.58. The average Bonchev–Trinajstić information content (AvgIpc) is 3.11. The van der Waals surface area contributed by atoms with Gasteiger partial charge in [-0.3, -0.25) is 4.79 Å². The highest BCUT2D eigenvalue weighted by molar-refractivity contribution is 7.91. The zero-order valence-electron chi connectivity index (χ0n) is 12.9. The van der Waals surface area contributed by atoms with Gasteiger partial charge in [0.25, 0.3) is 15.9 Å². The molecule has 8 heteroatoms. The standard InChI is InChI=1S/C16H18N2O3S3/c19-16(13-4-1-2-5-14(13)22)17-12-7-9-18(10-8-12)24(20,21)15-6-3-11-23-15/h1-6,11-12,22H,7-10H2,(H,17,19). The first-order chi connectivity index (χ1) is 11.5. The zero-order valence-corrected chi connectivity index (χ0v) is 15.4. The van der Waals surface area contributed by atoms with Crippen LogP contribution in [0.25, 0.3) is 0 Å². The number of sulfonamides is 1. The van der Waals surface area contributed by atoms with Crippen molar-refractivity contribution in [2.24, 2.45) is 0 Å². The van der Waals surface area contributed by atoms with Crippen LogP contribution >= 0.6 is 24.0 Å². The van der Waals surface area contributed by atoms with E-state index in [1.165, 1.54) is 15.6 Å². The number of nitrogens with one attached hydrogen (secondary N) is 1. The van der Waals surface area contributed by atoms with Gasteiger partial charge in [0.05, 0.1) is 5.56 Å². The van der Waals surface area contributed by atoms with E-state index in [4.69, 9.17) is 0 Å². The summed E-state index contributed by atoms with van der Waals surface area (Å²) in [4.78, 5) is 12.9. The van der Waals surface area contributed by atoms with Gasteiger partial charge in [0.15, 0.2) is 0 Å². The highest BCUT2D eigenvalue weighted by atomic mass is 32.2. The molecule has 1 saturated heterocycles. The molecule has 1 N–H and O–H groups in total. The number of piperidine rings is 1. The van der Waals surface area contributed by atoms with Gasteiger partial charge >= 0.3 is 0 Å². The second kappa shape index (κ2) is 7.26. The molecular formula is C16H18N2O3S3. The molecule has 1 aliphatic rings. The van der Waals surface area contributed by atoms with Gasteiger partial charge in [-0.05, 0) is 36.4 Å². The predicted molar refractivity (Wildman–Crippen MR) is 97.3 cm³/mol. The summed E-state index contributed by atoms with van der Waals surface area (Å²) in [5.41, 5.74) is 0.537. The third-order valence-electron chi connectivity index (χ3n) is 4.03. The highest BCUT2D eigenvalue weighted by Gasteiger charge is 2.30. The van der Waals surface area contributed by atoms with Gasteiger partial charge < -0.3 is 5.32 Å². The van der Waals surface area contributed by atoms with Crippen LogP contribution < -0.4 is 5.32 Å². The van der Waals surface area contributed by atoms with Crippen molar-refractivity contribution in [2.45, 2.75) is 28.0 Å². The minimum absolute atomic E-state index is 0.0276. The van der Waals surface area contributed by atoms with E-state index in [1.54, 1.807) is 35.7 Å². The Morgan fingerprint density at radius 1 is 1.17 bits per heavy atom. The van der Waals surface area contributed by atoms with Crippen molar-refractivity contribution < 1.29 is 13.2 Å². The number of carbonyl (C=O) groups is 1. The molecule has 0 spiro atoms. The SMILES string of the molecule is O=C(NC1CCN(S(=O)(=O)c2cccs2)CC1)c1ccccc1S. The Balaban J connectivity index is 1.60. The molecule has 2 aromatic rings. The van der Waals surface area contributed by atoms with Crippen molar-refractivity contribution in [3.05, 3.63) is 47.3 Å². The lowest BCUT2D eigenvalue weighted by Gasteiger charge is -2.31. The van der Waals surface area contributed by atoms with E-state index in [2.05, 4.69) is 17.9 Å². The summed E-state index contributed by atoms with van der Waals surface area (Å²) in [6.45, 7) is 0.821. The molecule has 1 aromatic carbocycles. The maximum absolute atomic E-state index is 12.5. The van der Waals surface area contributed by atoms with Gasteiger partial charge in [-0.15, -0.1) is 24.0 Å². The van der Waals surface area contributed by atoms with Crippen molar-refractivity contribution in [1.82, 2.24) is 9.62 Å². The number of hydrogen-bond donors (Lipinski definition) is 2. The Morgan fingerprint density at radius 3 is 2.50 bits per heavy atom. The molecule has 0 unspecified atom stereocenters. The van der Waals surface area contributed by atoms with Gasteiger partial charge in [0.2, 0.25) is 0 Å². The maximum atomic E-state index is 12.5. The molecule has 2 heterocycles. The van der Waals surface area contributed by atoms with Crippen LogP contribution in [-0.4, -0.2) is 37.8 Å². The molecule has 1 aliphatic heterocycles. The van der Waals surface area contributed by atoms with E-state index < -0.39 is 10.0 Å². The molecule has 1 amide bonds. The molecule has 0 saturated carbocycles. The van der Waals surface area contributed by atoms with E-state index in [9.17, 15) is 13.2 Å². The van der Waals surface area contributed by atoms with Crippen molar-refractivity contribution >= 4 is 39.9 Å². The van der Waals surface area contributed by atoms with E-state index >= 15 is 0 Å². The maximum Gasteiger partial charge on any atom is 0.252 e. The molecule has 128 valence electrons. The van der Waals surface area contributed by atoms with Crippen LogP contribution in [-0.2, 0) is 10.0 Å². The molecule has 3 rings (SSSR count). The average molecular weight is 383 g/mol. The van der Waals surface area contributed by atoms with Crippen LogP contribution in [0.4, 0.5) is 0 Å². The Kier molecular flexibility index (Phi) is 5.29. The Hall–Kier alpha value is -1.35. The number of hydrogen-bond acceptors (Lipinski definition) is 5. The topological polar surface area (TPSA) is 66.5 Å². The van der Waals surface area contributed by atoms with E-state index in [1.807, 2.05) is 6.07 Å². The van der Waals surface area contributed by atoms with Crippen LogP contribution in [0.2, 0.25) is 0 Å². The first kappa shape index (κ1) is 17.5.